The Morgan fingerprint density at radius 1 is 1.44 bits per heavy atom. The van der Waals surface area contributed by atoms with Gasteiger partial charge in [0.2, 0.25) is 0 Å². The first kappa shape index (κ1) is 13.2. The average Bonchev–Trinajstić information content (AvgIpc) is 2.31. The molecule has 18 heavy (non-hydrogen) atoms. The van der Waals surface area contributed by atoms with Crippen molar-refractivity contribution >= 4 is 23.2 Å². The van der Waals surface area contributed by atoms with E-state index in [0.29, 0.717) is 16.3 Å². The van der Waals surface area contributed by atoms with Gasteiger partial charge in [-0.05, 0) is 32.2 Å². The second-order valence-electron chi connectivity index (χ2n) is 4.84. The highest BCUT2D eigenvalue weighted by Gasteiger charge is 2.27. The van der Waals surface area contributed by atoms with Crippen molar-refractivity contribution < 1.29 is 4.79 Å². The number of likely N-dealkylation sites (N-methyl/N-ethyl adjacent to an activating group) is 1. The van der Waals surface area contributed by atoms with E-state index in [4.69, 9.17) is 17.3 Å². The molecule has 0 bridgehead atoms. The zero-order valence-electron chi connectivity index (χ0n) is 10.7. The zero-order chi connectivity index (χ0) is 13.3. The molecule has 0 saturated carbocycles. The van der Waals surface area contributed by atoms with Gasteiger partial charge in [-0.15, -0.1) is 0 Å². The molecule has 1 aliphatic heterocycles. The van der Waals surface area contributed by atoms with E-state index < -0.39 is 0 Å². The topological polar surface area (TPSA) is 49.6 Å². The van der Waals surface area contributed by atoms with E-state index in [2.05, 4.69) is 11.9 Å². The quantitative estimate of drug-likeness (QED) is 0.788. The van der Waals surface area contributed by atoms with Gasteiger partial charge in [-0.1, -0.05) is 11.6 Å². The molecule has 0 spiro atoms. The van der Waals surface area contributed by atoms with Gasteiger partial charge in [0.05, 0.1) is 5.56 Å². The van der Waals surface area contributed by atoms with Crippen molar-refractivity contribution in [3.8, 4) is 0 Å². The van der Waals surface area contributed by atoms with E-state index in [1.165, 1.54) is 0 Å². The van der Waals surface area contributed by atoms with Crippen LogP contribution < -0.4 is 5.73 Å². The molecule has 1 aromatic carbocycles. The van der Waals surface area contributed by atoms with Crippen LogP contribution in [0.25, 0.3) is 0 Å². The van der Waals surface area contributed by atoms with Gasteiger partial charge in [0.25, 0.3) is 5.91 Å². The lowest BCUT2D eigenvalue weighted by Crippen LogP contribution is -2.52. The number of anilines is 1. The maximum Gasteiger partial charge on any atom is 0.256 e. The minimum absolute atomic E-state index is 0.0319. The fraction of sp³-hybridized carbons (Fsp3) is 0.462. The first-order valence-electron chi connectivity index (χ1n) is 6.03. The van der Waals surface area contributed by atoms with Crippen LogP contribution in [0.15, 0.2) is 18.2 Å². The van der Waals surface area contributed by atoms with Crippen molar-refractivity contribution in [3.05, 3.63) is 28.8 Å². The summed E-state index contributed by atoms with van der Waals surface area (Å²) in [5.41, 5.74) is 6.83. The maximum atomic E-state index is 12.5. The molecule has 2 N–H and O–H groups in total. The number of nitrogens with zero attached hydrogens (tertiary/aromatic N) is 2. The van der Waals surface area contributed by atoms with Gasteiger partial charge in [0.1, 0.15) is 0 Å². The van der Waals surface area contributed by atoms with E-state index in [1.54, 1.807) is 18.2 Å². The molecule has 0 radical (unpaired) electrons. The van der Waals surface area contributed by atoms with Crippen LogP contribution in [0.4, 0.5) is 5.69 Å². The number of nitrogens with two attached hydrogens (primary N) is 1. The molecule has 0 aromatic heterocycles. The number of benzene rings is 1. The summed E-state index contributed by atoms with van der Waals surface area (Å²) in [6, 6.07) is 5.20. The van der Waals surface area contributed by atoms with Crippen LogP contribution in [-0.2, 0) is 0 Å². The fourth-order valence-corrected chi connectivity index (χ4v) is 2.48. The highest BCUT2D eigenvalue weighted by molar-refractivity contribution is 6.31. The Bertz CT molecular complexity index is 464. The predicted molar refractivity (Wildman–Crippen MR) is 73.9 cm³/mol. The fourth-order valence-electron chi connectivity index (χ4n) is 2.31. The van der Waals surface area contributed by atoms with Crippen molar-refractivity contribution in [1.82, 2.24) is 9.80 Å². The molecule has 1 fully saturated rings. The lowest BCUT2D eigenvalue weighted by molar-refractivity contribution is 0.0534. The number of hydrogen-bond donors (Lipinski definition) is 1. The third-order valence-electron chi connectivity index (χ3n) is 3.34. The summed E-state index contributed by atoms with van der Waals surface area (Å²) < 4.78 is 0. The summed E-state index contributed by atoms with van der Waals surface area (Å²) in [5, 5.41) is 0.536. The van der Waals surface area contributed by atoms with E-state index >= 15 is 0 Å². The van der Waals surface area contributed by atoms with E-state index in [1.807, 2.05) is 11.8 Å². The Kier molecular flexibility index (Phi) is 3.78. The number of amides is 1. The van der Waals surface area contributed by atoms with Gasteiger partial charge >= 0.3 is 0 Å². The summed E-state index contributed by atoms with van der Waals surface area (Å²) in [6.07, 6.45) is 0. The minimum atomic E-state index is -0.0319. The lowest BCUT2D eigenvalue weighted by atomic mass is 10.1. The maximum absolute atomic E-state index is 12.5. The SMILES string of the molecule is CC1CN(C)CCN1C(=O)c1cc(Cl)ccc1N. The van der Waals surface area contributed by atoms with Crippen molar-refractivity contribution in [2.24, 2.45) is 0 Å². The number of rotatable bonds is 1. The smallest absolute Gasteiger partial charge is 0.256 e. The molecular formula is C13H18ClN3O. The Labute approximate surface area is 112 Å². The van der Waals surface area contributed by atoms with Crippen LogP contribution in [-0.4, -0.2) is 48.4 Å². The molecule has 2 rings (SSSR count). The minimum Gasteiger partial charge on any atom is -0.398 e. The summed E-state index contributed by atoms with van der Waals surface area (Å²) in [4.78, 5) is 16.5. The number of piperazine rings is 1. The molecule has 1 amide bonds. The molecule has 1 aromatic rings. The van der Waals surface area contributed by atoms with Gasteiger partial charge in [-0.2, -0.15) is 0 Å². The van der Waals surface area contributed by atoms with Crippen molar-refractivity contribution in [3.63, 3.8) is 0 Å². The van der Waals surface area contributed by atoms with E-state index in [9.17, 15) is 4.79 Å². The summed E-state index contributed by atoms with van der Waals surface area (Å²) in [7, 11) is 2.06. The first-order valence-corrected chi connectivity index (χ1v) is 6.41. The van der Waals surface area contributed by atoms with Crippen LogP contribution in [0.3, 0.4) is 0 Å². The van der Waals surface area contributed by atoms with Gasteiger partial charge in [0, 0.05) is 36.4 Å². The van der Waals surface area contributed by atoms with Gasteiger partial charge in [0.15, 0.2) is 0 Å². The Balaban J connectivity index is 2.23. The third-order valence-corrected chi connectivity index (χ3v) is 3.57. The number of carbonyl (C=O) groups is 1. The molecule has 1 aliphatic rings. The second kappa shape index (κ2) is 5.16. The summed E-state index contributed by atoms with van der Waals surface area (Å²) in [6.45, 7) is 4.54. The molecule has 4 nitrogen and oxygen atoms in total. The van der Waals surface area contributed by atoms with Gasteiger partial charge in [-0.3, -0.25) is 4.79 Å². The van der Waals surface area contributed by atoms with Crippen LogP contribution in [0.2, 0.25) is 5.02 Å². The highest BCUT2D eigenvalue weighted by atomic mass is 35.5. The van der Waals surface area contributed by atoms with Crippen molar-refractivity contribution in [2.45, 2.75) is 13.0 Å². The normalized spacial score (nSPS) is 21.1. The monoisotopic (exact) mass is 267 g/mol. The number of carbonyl (C=O) groups excluding carboxylic acids is 1. The van der Waals surface area contributed by atoms with E-state index in [-0.39, 0.29) is 11.9 Å². The van der Waals surface area contributed by atoms with E-state index in [0.717, 1.165) is 19.6 Å². The Morgan fingerprint density at radius 3 is 2.83 bits per heavy atom. The summed E-state index contributed by atoms with van der Waals surface area (Å²) in [5.74, 6) is -0.0319. The molecule has 1 unspecified atom stereocenters. The highest BCUT2D eigenvalue weighted by Crippen LogP contribution is 2.21. The molecule has 1 heterocycles. The van der Waals surface area contributed by atoms with Gasteiger partial charge < -0.3 is 15.5 Å². The first-order chi connectivity index (χ1) is 8.49. The van der Waals surface area contributed by atoms with Crippen LogP contribution in [0, 0.1) is 0 Å². The number of nitrogen functional groups attached to an aromatic ring is 1. The lowest BCUT2D eigenvalue weighted by Gasteiger charge is -2.38. The zero-order valence-corrected chi connectivity index (χ0v) is 11.4. The second-order valence-corrected chi connectivity index (χ2v) is 5.28. The standard InChI is InChI=1S/C13H18ClN3O/c1-9-8-16(2)5-6-17(9)13(18)11-7-10(14)3-4-12(11)15/h3-4,7,9H,5-6,8,15H2,1-2H3. The van der Waals surface area contributed by atoms with Crippen molar-refractivity contribution in [2.75, 3.05) is 32.4 Å². The Hall–Kier alpha value is -1.26. The third kappa shape index (κ3) is 2.60. The molecule has 98 valence electrons. The molecule has 1 atom stereocenters. The van der Waals surface area contributed by atoms with Crippen LogP contribution in [0.5, 0.6) is 0 Å². The molecule has 1 saturated heterocycles. The molecule has 5 heteroatoms. The Morgan fingerprint density at radius 2 is 2.17 bits per heavy atom. The number of halogens is 1. The molecule has 0 aliphatic carbocycles. The number of hydrogen-bond acceptors (Lipinski definition) is 3. The van der Waals surface area contributed by atoms with Crippen LogP contribution >= 0.6 is 11.6 Å². The molecular weight excluding hydrogens is 250 g/mol. The van der Waals surface area contributed by atoms with Crippen molar-refractivity contribution in [1.29, 1.82) is 0 Å². The average molecular weight is 268 g/mol. The summed E-state index contributed by atoms with van der Waals surface area (Å²) >= 11 is 5.92. The van der Waals surface area contributed by atoms with Crippen LogP contribution in [0.1, 0.15) is 17.3 Å². The largest absolute Gasteiger partial charge is 0.398 e. The van der Waals surface area contributed by atoms with Gasteiger partial charge in [-0.25, -0.2) is 0 Å². The predicted octanol–water partition coefficient (Wildman–Crippen LogP) is 1.70.